The molecule has 0 aromatic heterocycles. The van der Waals surface area contributed by atoms with Crippen LogP contribution >= 0.6 is 11.8 Å². The molecule has 4 heteroatoms. The van der Waals surface area contributed by atoms with Crippen molar-refractivity contribution in [2.45, 2.75) is 11.1 Å². The minimum Gasteiger partial charge on any atom is -0.166 e. The molecule has 0 atom stereocenters. The van der Waals surface area contributed by atoms with Crippen LogP contribution in [0.3, 0.4) is 0 Å². The maximum atomic E-state index is 12.2. The van der Waals surface area contributed by atoms with E-state index in [-0.39, 0.29) is 0 Å². The van der Waals surface area contributed by atoms with Gasteiger partial charge < -0.3 is 0 Å². The second-order valence-electron chi connectivity index (χ2n) is 2.31. The number of hydrogen-bond donors (Lipinski definition) is 0. The van der Waals surface area contributed by atoms with Gasteiger partial charge in [0.1, 0.15) is 0 Å². The van der Waals surface area contributed by atoms with E-state index in [1.807, 2.05) is 0 Å². The van der Waals surface area contributed by atoms with Crippen LogP contribution in [0, 0.1) is 0 Å². The van der Waals surface area contributed by atoms with Crippen molar-refractivity contribution in [3.63, 3.8) is 0 Å². The van der Waals surface area contributed by atoms with Gasteiger partial charge in [-0.2, -0.15) is 13.2 Å². The first-order chi connectivity index (χ1) is 6.04. The molecule has 0 bridgehead atoms. The zero-order valence-electron chi connectivity index (χ0n) is 6.64. The highest BCUT2D eigenvalue weighted by atomic mass is 32.2. The van der Waals surface area contributed by atoms with E-state index in [1.165, 1.54) is 23.2 Å². The second-order valence-corrected chi connectivity index (χ2v) is 3.35. The number of rotatable bonds is 2. The van der Waals surface area contributed by atoms with E-state index in [2.05, 4.69) is 6.58 Å². The minimum absolute atomic E-state index is 0.546. The van der Waals surface area contributed by atoms with Crippen molar-refractivity contribution in [2.75, 3.05) is 0 Å². The third-order valence-electron chi connectivity index (χ3n) is 1.38. The average molecular weight is 204 g/mol. The summed E-state index contributed by atoms with van der Waals surface area (Å²) in [5, 5.41) is 1.50. The molecule has 1 aromatic carbocycles. The van der Waals surface area contributed by atoms with Crippen molar-refractivity contribution < 1.29 is 13.2 Å². The lowest BCUT2D eigenvalue weighted by atomic mass is 10.2. The predicted molar refractivity (Wildman–Crippen MR) is 47.5 cm³/mol. The SMILES string of the molecule is C=CSc1cccc(C(F)(F)F)c1. The number of alkyl halides is 3. The van der Waals surface area contributed by atoms with E-state index in [0.29, 0.717) is 4.90 Å². The summed E-state index contributed by atoms with van der Waals surface area (Å²) in [6.45, 7) is 3.43. The largest absolute Gasteiger partial charge is 0.416 e. The Morgan fingerprint density at radius 3 is 2.54 bits per heavy atom. The molecule has 1 rings (SSSR count). The highest BCUT2D eigenvalue weighted by molar-refractivity contribution is 8.02. The molecule has 0 radical (unpaired) electrons. The number of halogens is 3. The number of benzene rings is 1. The van der Waals surface area contributed by atoms with Crippen LogP contribution in [0.1, 0.15) is 5.56 Å². The lowest BCUT2D eigenvalue weighted by molar-refractivity contribution is -0.137. The zero-order valence-corrected chi connectivity index (χ0v) is 7.45. The van der Waals surface area contributed by atoms with Crippen LogP contribution in [0.4, 0.5) is 13.2 Å². The number of thioether (sulfide) groups is 1. The monoisotopic (exact) mass is 204 g/mol. The van der Waals surface area contributed by atoms with E-state index in [1.54, 1.807) is 6.07 Å². The average Bonchev–Trinajstić information content (AvgIpc) is 2.04. The van der Waals surface area contributed by atoms with Crippen LogP contribution in [0.2, 0.25) is 0 Å². The van der Waals surface area contributed by atoms with Gasteiger partial charge in [0.15, 0.2) is 0 Å². The standard InChI is InChI=1S/C9H7F3S/c1-2-13-8-5-3-4-7(6-8)9(10,11)12/h2-6H,1H2. The van der Waals surface area contributed by atoms with E-state index in [9.17, 15) is 13.2 Å². The minimum atomic E-state index is -4.27. The van der Waals surface area contributed by atoms with Crippen molar-refractivity contribution in [3.8, 4) is 0 Å². The molecule has 0 fully saturated rings. The van der Waals surface area contributed by atoms with E-state index in [0.717, 1.165) is 12.1 Å². The van der Waals surface area contributed by atoms with Gasteiger partial charge in [-0.1, -0.05) is 24.4 Å². The molecular formula is C9H7F3S. The lowest BCUT2D eigenvalue weighted by Crippen LogP contribution is -2.04. The second kappa shape index (κ2) is 3.87. The molecule has 0 saturated heterocycles. The van der Waals surface area contributed by atoms with Crippen LogP contribution in [0.15, 0.2) is 41.1 Å². The molecule has 70 valence electrons. The molecular weight excluding hydrogens is 197 g/mol. The van der Waals surface area contributed by atoms with Gasteiger partial charge >= 0.3 is 6.18 Å². The third kappa shape index (κ3) is 2.81. The first-order valence-electron chi connectivity index (χ1n) is 3.49. The lowest BCUT2D eigenvalue weighted by Gasteiger charge is -2.06. The van der Waals surface area contributed by atoms with Crippen molar-refractivity contribution in [3.05, 3.63) is 41.8 Å². The van der Waals surface area contributed by atoms with E-state index in [4.69, 9.17) is 0 Å². The molecule has 0 saturated carbocycles. The van der Waals surface area contributed by atoms with E-state index < -0.39 is 11.7 Å². The Bertz CT molecular complexity index is 304. The van der Waals surface area contributed by atoms with Gasteiger partial charge in [0.05, 0.1) is 5.56 Å². The van der Waals surface area contributed by atoms with Gasteiger partial charge in [-0.3, -0.25) is 0 Å². The van der Waals surface area contributed by atoms with Crippen molar-refractivity contribution in [1.29, 1.82) is 0 Å². The highest BCUT2D eigenvalue weighted by Crippen LogP contribution is 2.31. The first kappa shape index (κ1) is 10.2. The molecule has 0 nitrogen and oxygen atoms in total. The fraction of sp³-hybridized carbons (Fsp3) is 0.111. The molecule has 0 aliphatic heterocycles. The fourth-order valence-electron chi connectivity index (χ4n) is 0.842. The maximum absolute atomic E-state index is 12.2. The van der Waals surface area contributed by atoms with E-state index >= 15 is 0 Å². The van der Waals surface area contributed by atoms with Crippen LogP contribution < -0.4 is 0 Å². The van der Waals surface area contributed by atoms with Crippen LogP contribution in [0.5, 0.6) is 0 Å². The predicted octanol–water partition coefficient (Wildman–Crippen LogP) is 3.94. The summed E-state index contributed by atoms with van der Waals surface area (Å²) in [6.07, 6.45) is -4.27. The molecule has 13 heavy (non-hydrogen) atoms. The van der Waals surface area contributed by atoms with Gasteiger partial charge in [-0.05, 0) is 23.6 Å². The zero-order chi connectivity index (χ0) is 9.90. The first-order valence-corrected chi connectivity index (χ1v) is 4.37. The summed E-state index contributed by atoms with van der Waals surface area (Å²) in [6, 6.07) is 5.15. The fourth-order valence-corrected chi connectivity index (χ4v) is 1.39. The highest BCUT2D eigenvalue weighted by Gasteiger charge is 2.30. The Morgan fingerprint density at radius 2 is 2.00 bits per heavy atom. The van der Waals surface area contributed by atoms with Gasteiger partial charge in [-0.25, -0.2) is 0 Å². The molecule has 0 spiro atoms. The molecule has 1 aromatic rings. The Labute approximate surface area is 78.5 Å². The van der Waals surface area contributed by atoms with Crippen molar-refractivity contribution in [2.24, 2.45) is 0 Å². The van der Waals surface area contributed by atoms with Crippen LogP contribution in [-0.4, -0.2) is 0 Å². The molecule has 0 heterocycles. The van der Waals surface area contributed by atoms with Gasteiger partial charge in [-0.15, -0.1) is 0 Å². The normalized spacial score (nSPS) is 11.3. The van der Waals surface area contributed by atoms with Gasteiger partial charge in [0.2, 0.25) is 0 Å². The molecule has 0 N–H and O–H groups in total. The van der Waals surface area contributed by atoms with Crippen LogP contribution in [-0.2, 0) is 6.18 Å². The number of hydrogen-bond acceptors (Lipinski definition) is 1. The van der Waals surface area contributed by atoms with Gasteiger partial charge in [0.25, 0.3) is 0 Å². The molecule has 0 amide bonds. The summed E-state index contributed by atoms with van der Waals surface area (Å²) >= 11 is 1.17. The Balaban J connectivity index is 2.98. The summed E-state index contributed by atoms with van der Waals surface area (Å²) in [4.78, 5) is 0.546. The smallest absolute Gasteiger partial charge is 0.166 e. The third-order valence-corrected chi connectivity index (χ3v) is 2.07. The van der Waals surface area contributed by atoms with Crippen molar-refractivity contribution >= 4 is 11.8 Å². The molecule has 0 unspecified atom stereocenters. The van der Waals surface area contributed by atoms with Gasteiger partial charge in [0, 0.05) is 4.90 Å². The maximum Gasteiger partial charge on any atom is 0.416 e. The van der Waals surface area contributed by atoms with Crippen LogP contribution in [0.25, 0.3) is 0 Å². The quantitative estimate of drug-likeness (QED) is 0.657. The molecule has 0 aliphatic carbocycles. The Kier molecular flexibility index (Phi) is 3.03. The summed E-state index contributed by atoms with van der Waals surface area (Å²) in [5.41, 5.74) is -0.626. The summed E-state index contributed by atoms with van der Waals surface area (Å²) < 4.78 is 36.5. The summed E-state index contributed by atoms with van der Waals surface area (Å²) in [5.74, 6) is 0. The summed E-state index contributed by atoms with van der Waals surface area (Å²) in [7, 11) is 0. The van der Waals surface area contributed by atoms with Crippen molar-refractivity contribution in [1.82, 2.24) is 0 Å². The topological polar surface area (TPSA) is 0 Å². The Hall–Kier alpha value is -0.900. The Morgan fingerprint density at radius 1 is 1.31 bits per heavy atom. The molecule has 0 aliphatic rings.